The van der Waals surface area contributed by atoms with E-state index in [9.17, 15) is 9.59 Å². The highest BCUT2D eigenvalue weighted by molar-refractivity contribution is 5.87. The van der Waals surface area contributed by atoms with E-state index in [0.717, 1.165) is 0 Å². The van der Waals surface area contributed by atoms with Crippen molar-refractivity contribution in [2.45, 2.75) is 13.3 Å². The first-order valence-corrected chi connectivity index (χ1v) is 3.82. The molecule has 0 spiro atoms. The van der Waals surface area contributed by atoms with Crippen molar-refractivity contribution in [3.8, 4) is 0 Å². The summed E-state index contributed by atoms with van der Waals surface area (Å²) in [6.07, 6.45) is 3.25. The first kappa shape index (κ1) is 11.4. The van der Waals surface area contributed by atoms with Crippen LogP contribution < -0.4 is 5.73 Å². The standard InChI is InChI=1S/C9H13NO3/c1-7(2)9(12)13-6-4-3-5-8(10)11/h3,5H,1,4,6H2,2H3,(H2,10,11). The van der Waals surface area contributed by atoms with Crippen LogP contribution in [-0.4, -0.2) is 18.5 Å². The normalized spacial score (nSPS) is 9.92. The van der Waals surface area contributed by atoms with Gasteiger partial charge in [0.15, 0.2) is 0 Å². The summed E-state index contributed by atoms with van der Waals surface area (Å²) in [6, 6.07) is 0. The Labute approximate surface area is 77.1 Å². The lowest BCUT2D eigenvalue weighted by atomic mass is 10.3. The minimum atomic E-state index is -0.508. The van der Waals surface area contributed by atoms with Gasteiger partial charge in [-0.15, -0.1) is 0 Å². The second-order valence-corrected chi connectivity index (χ2v) is 2.51. The highest BCUT2D eigenvalue weighted by Gasteiger charge is 2.00. The summed E-state index contributed by atoms with van der Waals surface area (Å²) in [6.45, 7) is 5.22. The Hall–Kier alpha value is -1.58. The zero-order chi connectivity index (χ0) is 10.3. The van der Waals surface area contributed by atoms with Crippen LogP contribution in [0.3, 0.4) is 0 Å². The Bertz CT molecular complexity index is 243. The maximum atomic E-state index is 10.8. The van der Waals surface area contributed by atoms with Crippen molar-refractivity contribution >= 4 is 11.9 Å². The Morgan fingerprint density at radius 2 is 2.15 bits per heavy atom. The molecule has 0 saturated carbocycles. The van der Waals surface area contributed by atoms with Crippen molar-refractivity contribution in [2.75, 3.05) is 6.61 Å². The fourth-order valence-corrected chi connectivity index (χ4v) is 0.542. The third-order valence-electron chi connectivity index (χ3n) is 1.15. The fraction of sp³-hybridized carbons (Fsp3) is 0.333. The first-order valence-electron chi connectivity index (χ1n) is 3.82. The van der Waals surface area contributed by atoms with Crippen LogP contribution in [-0.2, 0) is 14.3 Å². The quantitative estimate of drug-likeness (QED) is 0.384. The van der Waals surface area contributed by atoms with Gasteiger partial charge in [-0.3, -0.25) is 4.79 Å². The van der Waals surface area contributed by atoms with Gasteiger partial charge in [0.1, 0.15) is 0 Å². The molecule has 0 saturated heterocycles. The number of amides is 1. The Morgan fingerprint density at radius 3 is 2.62 bits per heavy atom. The van der Waals surface area contributed by atoms with Crippen LogP contribution >= 0.6 is 0 Å². The minimum Gasteiger partial charge on any atom is -0.462 e. The molecule has 0 unspecified atom stereocenters. The molecule has 0 aromatic carbocycles. The van der Waals surface area contributed by atoms with Crippen LogP contribution in [0.4, 0.5) is 0 Å². The SMILES string of the molecule is C=C(C)C(=O)OCCC=CC(N)=O. The van der Waals surface area contributed by atoms with Gasteiger partial charge in [-0.1, -0.05) is 12.7 Å². The van der Waals surface area contributed by atoms with Crippen LogP contribution in [0.5, 0.6) is 0 Å². The van der Waals surface area contributed by atoms with E-state index in [1.807, 2.05) is 0 Å². The van der Waals surface area contributed by atoms with Gasteiger partial charge in [0.05, 0.1) is 6.61 Å². The number of rotatable bonds is 5. The van der Waals surface area contributed by atoms with E-state index >= 15 is 0 Å². The second-order valence-electron chi connectivity index (χ2n) is 2.51. The Kier molecular flexibility index (Phi) is 5.27. The van der Waals surface area contributed by atoms with E-state index in [2.05, 4.69) is 6.58 Å². The smallest absolute Gasteiger partial charge is 0.333 e. The van der Waals surface area contributed by atoms with Gasteiger partial charge in [-0.25, -0.2) is 4.79 Å². The van der Waals surface area contributed by atoms with Gasteiger partial charge in [-0.2, -0.15) is 0 Å². The second kappa shape index (κ2) is 5.99. The molecule has 2 N–H and O–H groups in total. The maximum absolute atomic E-state index is 10.8. The Balaban J connectivity index is 3.52. The van der Waals surface area contributed by atoms with E-state index in [1.165, 1.54) is 6.08 Å². The number of nitrogens with two attached hydrogens (primary N) is 1. The predicted octanol–water partition coefficient (Wildman–Crippen LogP) is 0.537. The van der Waals surface area contributed by atoms with Crippen molar-refractivity contribution < 1.29 is 14.3 Å². The molecule has 4 nitrogen and oxygen atoms in total. The van der Waals surface area contributed by atoms with Crippen molar-refractivity contribution in [1.82, 2.24) is 0 Å². The summed E-state index contributed by atoms with van der Waals surface area (Å²) < 4.78 is 4.74. The highest BCUT2D eigenvalue weighted by Crippen LogP contribution is 1.93. The van der Waals surface area contributed by atoms with Crippen LogP contribution in [0, 0.1) is 0 Å². The molecule has 0 aliphatic rings. The number of carbonyl (C=O) groups excluding carboxylic acids is 2. The summed E-state index contributed by atoms with van der Waals surface area (Å²) in [7, 11) is 0. The van der Waals surface area contributed by atoms with Crippen LogP contribution in [0.1, 0.15) is 13.3 Å². The Morgan fingerprint density at radius 1 is 1.54 bits per heavy atom. The summed E-state index contributed by atoms with van der Waals surface area (Å²) in [5.41, 5.74) is 5.20. The van der Waals surface area contributed by atoms with Crippen LogP contribution in [0.2, 0.25) is 0 Å². The van der Waals surface area contributed by atoms with Gasteiger partial charge in [0.2, 0.25) is 5.91 Å². The number of carbonyl (C=O) groups is 2. The molecular weight excluding hydrogens is 170 g/mol. The van der Waals surface area contributed by atoms with Crippen LogP contribution in [0.15, 0.2) is 24.3 Å². The zero-order valence-corrected chi connectivity index (χ0v) is 7.58. The van der Waals surface area contributed by atoms with Crippen LogP contribution in [0.25, 0.3) is 0 Å². The molecule has 0 fully saturated rings. The molecule has 0 atom stereocenters. The third kappa shape index (κ3) is 6.80. The predicted molar refractivity (Wildman–Crippen MR) is 48.7 cm³/mol. The third-order valence-corrected chi connectivity index (χ3v) is 1.15. The maximum Gasteiger partial charge on any atom is 0.333 e. The lowest BCUT2D eigenvalue weighted by Gasteiger charge is -2.00. The van der Waals surface area contributed by atoms with E-state index in [4.69, 9.17) is 10.5 Å². The van der Waals surface area contributed by atoms with E-state index in [1.54, 1.807) is 13.0 Å². The minimum absolute atomic E-state index is 0.232. The number of hydrogen-bond donors (Lipinski definition) is 1. The molecule has 72 valence electrons. The largest absolute Gasteiger partial charge is 0.462 e. The first-order chi connectivity index (χ1) is 6.04. The van der Waals surface area contributed by atoms with Crippen molar-refractivity contribution in [1.29, 1.82) is 0 Å². The molecule has 13 heavy (non-hydrogen) atoms. The number of ether oxygens (including phenoxy) is 1. The number of esters is 1. The molecule has 1 amide bonds. The molecule has 0 aromatic heterocycles. The fourth-order valence-electron chi connectivity index (χ4n) is 0.542. The van der Waals surface area contributed by atoms with Gasteiger partial charge in [-0.05, 0) is 13.0 Å². The molecule has 4 heteroatoms. The topological polar surface area (TPSA) is 69.4 Å². The lowest BCUT2D eigenvalue weighted by molar-refractivity contribution is -0.138. The molecule has 0 radical (unpaired) electrons. The van der Waals surface area contributed by atoms with Gasteiger partial charge >= 0.3 is 5.97 Å². The van der Waals surface area contributed by atoms with Crippen molar-refractivity contribution in [2.24, 2.45) is 5.73 Å². The van der Waals surface area contributed by atoms with Crippen molar-refractivity contribution in [3.63, 3.8) is 0 Å². The van der Waals surface area contributed by atoms with Crippen molar-refractivity contribution in [3.05, 3.63) is 24.3 Å². The molecule has 0 aromatic rings. The molecule has 0 bridgehead atoms. The average molecular weight is 183 g/mol. The zero-order valence-electron chi connectivity index (χ0n) is 7.58. The summed E-state index contributed by atoms with van der Waals surface area (Å²) in [5.74, 6) is -0.932. The lowest BCUT2D eigenvalue weighted by Crippen LogP contribution is -2.07. The van der Waals surface area contributed by atoms with E-state index in [-0.39, 0.29) is 6.61 Å². The number of hydrogen-bond acceptors (Lipinski definition) is 3. The molecule has 0 rings (SSSR count). The molecule has 0 aliphatic carbocycles. The van der Waals surface area contributed by atoms with Gasteiger partial charge in [0.25, 0.3) is 0 Å². The molecule has 0 heterocycles. The number of primary amides is 1. The summed E-state index contributed by atoms with van der Waals surface area (Å²) in [5, 5.41) is 0. The molecule has 0 aliphatic heterocycles. The van der Waals surface area contributed by atoms with E-state index in [0.29, 0.717) is 12.0 Å². The van der Waals surface area contributed by atoms with E-state index < -0.39 is 11.9 Å². The average Bonchev–Trinajstić information content (AvgIpc) is 2.02. The van der Waals surface area contributed by atoms with Gasteiger partial charge in [0, 0.05) is 12.0 Å². The summed E-state index contributed by atoms with van der Waals surface area (Å²) >= 11 is 0. The van der Waals surface area contributed by atoms with Gasteiger partial charge < -0.3 is 10.5 Å². The molecular formula is C9H13NO3. The highest BCUT2D eigenvalue weighted by atomic mass is 16.5. The summed E-state index contributed by atoms with van der Waals surface area (Å²) in [4.78, 5) is 21.0. The monoisotopic (exact) mass is 183 g/mol.